The maximum absolute atomic E-state index is 11.4. The van der Waals surface area contributed by atoms with Gasteiger partial charge in [-0.25, -0.2) is 0 Å². The second-order valence-corrected chi connectivity index (χ2v) is 5.05. The van der Waals surface area contributed by atoms with Gasteiger partial charge in [-0.05, 0) is 5.92 Å². The number of nitrogen functional groups attached to an aromatic ring is 1. The predicted octanol–water partition coefficient (Wildman–Crippen LogP) is -0.106. The van der Waals surface area contributed by atoms with Crippen LogP contribution in [0.2, 0.25) is 0 Å². The van der Waals surface area contributed by atoms with E-state index in [1.807, 2.05) is 13.8 Å². The topological polar surface area (TPSA) is 113 Å². The number of nitrogens with two attached hydrogens (primary N) is 1. The van der Waals surface area contributed by atoms with Crippen LogP contribution in [0.3, 0.4) is 0 Å². The highest BCUT2D eigenvalue weighted by Crippen LogP contribution is 2.13. The number of nitrogens with one attached hydrogen (secondary N) is 3. The van der Waals surface area contributed by atoms with Crippen molar-refractivity contribution in [1.82, 2.24) is 14.9 Å². The van der Waals surface area contributed by atoms with Crippen molar-refractivity contribution >= 4 is 21.7 Å². The Hall–Kier alpha value is -1.28. The molecule has 0 amide bonds. The van der Waals surface area contributed by atoms with Gasteiger partial charge in [-0.3, -0.25) is 9.82 Å². The van der Waals surface area contributed by atoms with Crippen LogP contribution in [0.1, 0.15) is 13.8 Å². The van der Waals surface area contributed by atoms with Crippen LogP contribution in [0.15, 0.2) is 6.20 Å². The number of rotatable bonds is 5. The van der Waals surface area contributed by atoms with Gasteiger partial charge >= 0.3 is 0 Å². The van der Waals surface area contributed by atoms with Crippen molar-refractivity contribution in [3.8, 4) is 0 Å². The van der Waals surface area contributed by atoms with Gasteiger partial charge in [-0.1, -0.05) is 13.8 Å². The summed E-state index contributed by atoms with van der Waals surface area (Å²) >= 11 is 0. The van der Waals surface area contributed by atoms with Gasteiger partial charge in [-0.15, -0.1) is 0 Å². The molecule has 0 saturated carbocycles. The molecule has 8 heteroatoms. The van der Waals surface area contributed by atoms with Crippen LogP contribution in [0.5, 0.6) is 0 Å². The fourth-order valence-corrected chi connectivity index (χ4v) is 1.88. The fourth-order valence-electron chi connectivity index (χ4n) is 0.824. The molecule has 0 aliphatic carbocycles. The van der Waals surface area contributed by atoms with E-state index in [1.54, 1.807) is 0 Å². The Bertz CT molecular complexity index is 411. The average molecular weight is 233 g/mol. The average Bonchev–Trinajstić information content (AvgIpc) is 2.48. The van der Waals surface area contributed by atoms with E-state index in [2.05, 4.69) is 19.6 Å². The standard InChI is InChI=1S/C7H15N5O2S/c1-5(2)3-10-15(13,14)12-7-6(8)4-9-11-7/h4-5,10H,3,8H2,1-2H3,(H2,9,11,12). The van der Waals surface area contributed by atoms with Gasteiger partial charge in [-0.2, -0.15) is 18.2 Å². The molecule has 0 atom stereocenters. The smallest absolute Gasteiger partial charge is 0.300 e. The first-order valence-electron chi connectivity index (χ1n) is 4.47. The van der Waals surface area contributed by atoms with Crippen LogP contribution < -0.4 is 15.2 Å². The molecule has 1 heterocycles. The summed E-state index contributed by atoms with van der Waals surface area (Å²) in [4.78, 5) is 0. The predicted molar refractivity (Wildman–Crippen MR) is 58.4 cm³/mol. The molecule has 86 valence electrons. The zero-order valence-electron chi connectivity index (χ0n) is 8.61. The van der Waals surface area contributed by atoms with Crippen molar-refractivity contribution < 1.29 is 8.42 Å². The maximum atomic E-state index is 11.4. The van der Waals surface area contributed by atoms with Gasteiger partial charge in [0.05, 0.1) is 11.9 Å². The summed E-state index contributed by atoms with van der Waals surface area (Å²) in [5, 5.41) is 6.04. The quantitative estimate of drug-likeness (QED) is 0.568. The summed E-state index contributed by atoms with van der Waals surface area (Å²) in [6, 6.07) is 0. The molecule has 0 aliphatic heterocycles. The van der Waals surface area contributed by atoms with E-state index in [4.69, 9.17) is 5.73 Å². The molecule has 0 saturated heterocycles. The van der Waals surface area contributed by atoms with Gasteiger partial charge in [0, 0.05) is 6.54 Å². The highest BCUT2D eigenvalue weighted by Gasteiger charge is 2.12. The van der Waals surface area contributed by atoms with Crippen LogP contribution in [-0.2, 0) is 10.2 Å². The number of aromatic amines is 1. The lowest BCUT2D eigenvalue weighted by Gasteiger charge is -2.09. The molecule has 0 aliphatic rings. The second-order valence-electron chi connectivity index (χ2n) is 3.55. The third-order valence-corrected chi connectivity index (χ3v) is 2.61. The second kappa shape index (κ2) is 4.49. The van der Waals surface area contributed by atoms with Crippen LogP contribution >= 0.6 is 0 Å². The highest BCUT2D eigenvalue weighted by molar-refractivity contribution is 7.90. The van der Waals surface area contributed by atoms with Crippen LogP contribution in [0, 0.1) is 5.92 Å². The van der Waals surface area contributed by atoms with E-state index in [0.717, 1.165) is 0 Å². The maximum Gasteiger partial charge on any atom is 0.300 e. The number of H-pyrrole nitrogens is 1. The molecule has 1 aromatic heterocycles. The summed E-state index contributed by atoms with van der Waals surface area (Å²) in [5.74, 6) is 0.409. The third kappa shape index (κ3) is 3.76. The molecular weight excluding hydrogens is 218 g/mol. The Labute approximate surface area is 88.6 Å². The third-order valence-electron chi connectivity index (χ3n) is 1.59. The molecule has 15 heavy (non-hydrogen) atoms. The van der Waals surface area contributed by atoms with Gasteiger partial charge in [0.2, 0.25) is 0 Å². The molecular formula is C7H15N5O2S. The van der Waals surface area contributed by atoms with E-state index in [1.165, 1.54) is 6.20 Å². The van der Waals surface area contributed by atoms with Crippen molar-refractivity contribution in [3.63, 3.8) is 0 Å². The Morgan fingerprint density at radius 3 is 2.73 bits per heavy atom. The minimum absolute atomic E-state index is 0.172. The van der Waals surface area contributed by atoms with E-state index in [9.17, 15) is 8.42 Å². The Kier molecular flexibility index (Phi) is 3.53. The monoisotopic (exact) mass is 233 g/mol. The van der Waals surface area contributed by atoms with Crippen molar-refractivity contribution in [2.75, 3.05) is 17.0 Å². The number of aromatic nitrogens is 2. The minimum Gasteiger partial charge on any atom is -0.394 e. The Morgan fingerprint density at radius 1 is 1.60 bits per heavy atom. The van der Waals surface area contributed by atoms with E-state index in [0.29, 0.717) is 6.54 Å². The first kappa shape index (κ1) is 11.8. The highest BCUT2D eigenvalue weighted by atomic mass is 32.2. The molecule has 0 unspecified atom stereocenters. The van der Waals surface area contributed by atoms with E-state index in [-0.39, 0.29) is 17.4 Å². The summed E-state index contributed by atoms with van der Waals surface area (Å²) in [7, 11) is -3.57. The molecule has 0 spiro atoms. The van der Waals surface area contributed by atoms with E-state index >= 15 is 0 Å². The fraction of sp³-hybridized carbons (Fsp3) is 0.571. The lowest BCUT2D eigenvalue weighted by atomic mass is 10.2. The summed E-state index contributed by atoms with van der Waals surface area (Å²) in [6.45, 7) is 4.18. The van der Waals surface area contributed by atoms with Gasteiger partial charge < -0.3 is 5.73 Å². The lowest BCUT2D eigenvalue weighted by molar-refractivity contribution is 0.564. The van der Waals surface area contributed by atoms with Gasteiger partial charge in [0.25, 0.3) is 10.2 Å². The number of hydrogen-bond donors (Lipinski definition) is 4. The Morgan fingerprint density at radius 2 is 2.27 bits per heavy atom. The number of nitrogens with zero attached hydrogens (tertiary/aromatic N) is 1. The van der Waals surface area contributed by atoms with E-state index < -0.39 is 10.2 Å². The molecule has 0 radical (unpaired) electrons. The molecule has 7 nitrogen and oxygen atoms in total. The Balaban J connectivity index is 2.61. The van der Waals surface area contributed by atoms with Gasteiger partial charge in [0.1, 0.15) is 0 Å². The number of anilines is 2. The van der Waals surface area contributed by atoms with Crippen LogP contribution in [-0.4, -0.2) is 25.2 Å². The van der Waals surface area contributed by atoms with Crippen molar-refractivity contribution in [1.29, 1.82) is 0 Å². The van der Waals surface area contributed by atoms with Crippen molar-refractivity contribution in [2.45, 2.75) is 13.8 Å². The minimum atomic E-state index is -3.57. The van der Waals surface area contributed by atoms with Crippen molar-refractivity contribution in [3.05, 3.63) is 6.20 Å². The molecule has 0 fully saturated rings. The summed E-state index contributed by atoms with van der Waals surface area (Å²) in [6.07, 6.45) is 1.33. The summed E-state index contributed by atoms with van der Waals surface area (Å²) < 4.78 is 27.5. The van der Waals surface area contributed by atoms with Crippen molar-refractivity contribution in [2.24, 2.45) is 5.92 Å². The first-order chi connectivity index (χ1) is 6.91. The SMILES string of the molecule is CC(C)CNS(=O)(=O)Nc1[nH]ncc1N. The first-order valence-corrected chi connectivity index (χ1v) is 5.95. The molecule has 0 aromatic carbocycles. The largest absolute Gasteiger partial charge is 0.394 e. The number of hydrogen-bond acceptors (Lipinski definition) is 4. The molecule has 1 aromatic rings. The van der Waals surface area contributed by atoms with Gasteiger partial charge in [0.15, 0.2) is 5.82 Å². The molecule has 5 N–H and O–H groups in total. The normalized spacial score (nSPS) is 11.9. The van der Waals surface area contributed by atoms with Crippen LogP contribution in [0.4, 0.5) is 11.5 Å². The zero-order chi connectivity index (χ0) is 11.5. The lowest BCUT2D eigenvalue weighted by Crippen LogP contribution is -2.33. The zero-order valence-corrected chi connectivity index (χ0v) is 9.43. The molecule has 1 rings (SSSR count). The molecule has 0 bridgehead atoms. The van der Waals surface area contributed by atoms with Crippen LogP contribution in [0.25, 0.3) is 0 Å². The summed E-state index contributed by atoms with van der Waals surface area (Å²) in [5.41, 5.74) is 5.71.